The van der Waals surface area contributed by atoms with E-state index in [1.165, 1.54) is 0 Å². The minimum atomic E-state index is -0.635. The van der Waals surface area contributed by atoms with E-state index in [1.54, 1.807) is 0 Å². The summed E-state index contributed by atoms with van der Waals surface area (Å²) in [5.41, 5.74) is -0.163. The van der Waals surface area contributed by atoms with Crippen molar-refractivity contribution in [3.05, 3.63) is 0 Å². The lowest BCUT2D eigenvalue weighted by atomic mass is 9.97. The lowest BCUT2D eigenvalue weighted by Gasteiger charge is -2.45. The van der Waals surface area contributed by atoms with E-state index in [2.05, 4.69) is 25.7 Å². The molecule has 2 fully saturated rings. The average molecular weight is 241 g/mol. The van der Waals surface area contributed by atoms with Gasteiger partial charge in [-0.2, -0.15) is 0 Å². The first kappa shape index (κ1) is 12.8. The number of nitrogens with zero attached hydrogens (tertiary/aromatic N) is 1. The molecule has 1 saturated heterocycles. The molecule has 1 saturated carbocycles. The Hall–Kier alpha value is -0.610. The summed E-state index contributed by atoms with van der Waals surface area (Å²) in [6.45, 7) is 7.93. The van der Waals surface area contributed by atoms with Crippen LogP contribution in [0.25, 0.3) is 0 Å². The van der Waals surface area contributed by atoms with E-state index in [9.17, 15) is 9.90 Å². The Balaban J connectivity index is 2.08. The van der Waals surface area contributed by atoms with Gasteiger partial charge in [0.2, 0.25) is 0 Å². The minimum absolute atomic E-state index is 0.163. The van der Waals surface area contributed by atoms with Gasteiger partial charge in [-0.3, -0.25) is 9.69 Å². The Morgan fingerprint density at radius 2 is 2.12 bits per heavy atom. The van der Waals surface area contributed by atoms with E-state index in [0.717, 1.165) is 32.4 Å². The van der Waals surface area contributed by atoms with E-state index in [1.807, 2.05) is 0 Å². The number of aliphatic carboxylic acids is 1. The van der Waals surface area contributed by atoms with Gasteiger partial charge in [0, 0.05) is 19.1 Å². The smallest absolute Gasteiger partial charge is 0.308 e. The van der Waals surface area contributed by atoms with Gasteiger partial charge in [0.1, 0.15) is 0 Å². The number of rotatable bonds is 2. The molecule has 0 aromatic carbocycles. The maximum atomic E-state index is 11.2. The Bertz CT molecular complexity index is 303. The van der Waals surface area contributed by atoms with Crippen molar-refractivity contribution >= 4 is 5.97 Å². The van der Waals surface area contributed by atoms with Gasteiger partial charge in [-0.15, -0.1) is 0 Å². The van der Waals surface area contributed by atoms with Crippen LogP contribution >= 0.6 is 0 Å². The van der Waals surface area contributed by atoms with Crippen LogP contribution in [0.5, 0.6) is 0 Å². The number of carboxylic acid groups (broad SMARTS) is 1. The Kier molecular flexibility index (Phi) is 3.46. The van der Waals surface area contributed by atoms with Crippen molar-refractivity contribution in [3.63, 3.8) is 0 Å². The van der Waals surface area contributed by atoms with Crippen LogP contribution in [-0.4, -0.2) is 46.8 Å². The summed E-state index contributed by atoms with van der Waals surface area (Å²) in [5, 5.41) is 9.25. The van der Waals surface area contributed by atoms with E-state index >= 15 is 0 Å². The Morgan fingerprint density at radius 3 is 2.71 bits per heavy atom. The van der Waals surface area contributed by atoms with E-state index in [0.29, 0.717) is 0 Å². The number of carboxylic acids is 1. The van der Waals surface area contributed by atoms with Crippen LogP contribution in [0, 0.1) is 5.92 Å². The zero-order valence-electron chi connectivity index (χ0n) is 11.0. The monoisotopic (exact) mass is 241 g/mol. The molecule has 1 heterocycles. The van der Waals surface area contributed by atoms with Crippen LogP contribution < -0.4 is 0 Å². The SMILES string of the molecule is CC1CN(C2CCCC2C(=O)O)CC(C)(C)O1. The van der Waals surface area contributed by atoms with Crippen LogP contribution in [0.3, 0.4) is 0 Å². The van der Waals surface area contributed by atoms with E-state index in [4.69, 9.17) is 4.74 Å². The van der Waals surface area contributed by atoms with Crippen molar-refractivity contribution < 1.29 is 14.6 Å². The molecule has 98 valence electrons. The summed E-state index contributed by atoms with van der Waals surface area (Å²) in [6, 6.07) is 0.207. The average Bonchev–Trinajstić information content (AvgIpc) is 2.61. The van der Waals surface area contributed by atoms with Gasteiger partial charge < -0.3 is 9.84 Å². The molecule has 3 unspecified atom stereocenters. The molecule has 0 spiro atoms. The summed E-state index contributed by atoms with van der Waals surface area (Å²) in [6.07, 6.45) is 3.06. The van der Waals surface area contributed by atoms with E-state index in [-0.39, 0.29) is 23.7 Å². The van der Waals surface area contributed by atoms with Crippen LogP contribution in [0.15, 0.2) is 0 Å². The van der Waals surface area contributed by atoms with Crippen molar-refractivity contribution in [2.45, 2.75) is 57.8 Å². The summed E-state index contributed by atoms with van der Waals surface area (Å²) >= 11 is 0. The first-order valence-electron chi connectivity index (χ1n) is 6.54. The third-order valence-electron chi connectivity index (χ3n) is 3.86. The quantitative estimate of drug-likeness (QED) is 0.800. The fraction of sp³-hybridized carbons (Fsp3) is 0.923. The molecule has 17 heavy (non-hydrogen) atoms. The summed E-state index contributed by atoms with van der Waals surface area (Å²) < 4.78 is 5.87. The van der Waals surface area contributed by atoms with Crippen molar-refractivity contribution in [1.29, 1.82) is 0 Å². The molecule has 4 nitrogen and oxygen atoms in total. The molecule has 1 N–H and O–H groups in total. The molecule has 4 heteroatoms. The summed E-state index contributed by atoms with van der Waals surface area (Å²) in [7, 11) is 0. The fourth-order valence-electron chi connectivity index (χ4n) is 3.42. The summed E-state index contributed by atoms with van der Waals surface area (Å²) in [4.78, 5) is 13.6. The van der Waals surface area contributed by atoms with Crippen molar-refractivity contribution in [2.75, 3.05) is 13.1 Å². The normalized spacial score (nSPS) is 38.2. The molecule has 1 aliphatic carbocycles. The lowest BCUT2D eigenvalue weighted by Crippen LogP contribution is -2.56. The molecule has 0 amide bonds. The van der Waals surface area contributed by atoms with Gasteiger partial charge in [0.15, 0.2) is 0 Å². The minimum Gasteiger partial charge on any atom is -0.481 e. The number of ether oxygens (including phenoxy) is 1. The van der Waals surface area contributed by atoms with Gasteiger partial charge in [-0.05, 0) is 33.6 Å². The van der Waals surface area contributed by atoms with Gasteiger partial charge in [0.05, 0.1) is 17.6 Å². The molecule has 0 radical (unpaired) electrons. The second-order valence-corrected chi connectivity index (χ2v) is 6.06. The molecule has 2 aliphatic rings. The molecular formula is C13H23NO3. The predicted molar refractivity (Wildman–Crippen MR) is 65.0 cm³/mol. The van der Waals surface area contributed by atoms with Gasteiger partial charge in [0.25, 0.3) is 0 Å². The highest BCUT2D eigenvalue weighted by molar-refractivity contribution is 5.71. The topological polar surface area (TPSA) is 49.8 Å². The van der Waals surface area contributed by atoms with Crippen molar-refractivity contribution in [1.82, 2.24) is 4.90 Å². The van der Waals surface area contributed by atoms with Gasteiger partial charge in [-0.1, -0.05) is 6.42 Å². The van der Waals surface area contributed by atoms with Crippen LogP contribution in [-0.2, 0) is 9.53 Å². The maximum Gasteiger partial charge on any atom is 0.308 e. The number of hydrogen-bond acceptors (Lipinski definition) is 3. The third kappa shape index (κ3) is 2.80. The Labute approximate surface area is 103 Å². The summed E-state index contributed by atoms with van der Waals surface area (Å²) in [5.74, 6) is -0.819. The molecular weight excluding hydrogens is 218 g/mol. The third-order valence-corrected chi connectivity index (χ3v) is 3.86. The van der Waals surface area contributed by atoms with Gasteiger partial charge >= 0.3 is 5.97 Å². The molecule has 0 aromatic rings. The molecule has 3 atom stereocenters. The highest BCUT2D eigenvalue weighted by Gasteiger charge is 2.41. The second kappa shape index (κ2) is 4.58. The standard InChI is InChI=1S/C13H23NO3/c1-9-7-14(8-13(2,3)17-9)11-6-4-5-10(11)12(15)16/h9-11H,4-8H2,1-3H3,(H,15,16). The van der Waals surface area contributed by atoms with Crippen molar-refractivity contribution in [2.24, 2.45) is 5.92 Å². The highest BCUT2D eigenvalue weighted by Crippen LogP contribution is 2.33. The fourth-order valence-corrected chi connectivity index (χ4v) is 3.42. The molecule has 0 aromatic heterocycles. The number of hydrogen-bond donors (Lipinski definition) is 1. The molecule has 0 bridgehead atoms. The first-order chi connectivity index (χ1) is 7.89. The lowest BCUT2D eigenvalue weighted by molar-refractivity contribution is -0.154. The zero-order chi connectivity index (χ0) is 12.6. The first-order valence-corrected chi connectivity index (χ1v) is 6.54. The number of morpholine rings is 1. The van der Waals surface area contributed by atoms with Crippen LogP contribution in [0.4, 0.5) is 0 Å². The number of carbonyl (C=O) groups is 1. The highest BCUT2D eigenvalue weighted by atomic mass is 16.5. The van der Waals surface area contributed by atoms with Crippen LogP contribution in [0.1, 0.15) is 40.0 Å². The maximum absolute atomic E-state index is 11.2. The second-order valence-electron chi connectivity index (χ2n) is 6.06. The van der Waals surface area contributed by atoms with Crippen LogP contribution in [0.2, 0.25) is 0 Å². The molecule has 2 rings (SSSR count). The Morgan fingerprint density at radius 1 is 1.41 bits per heavy atom. The predicted octanol–water partition coefficient (Wildman–Crippen LogP) is 1.74. The van der Waals surface area contributed by atoms with Crippen molar-refractivity contribution in [3.8, 4) is 0 Å². The molecule has 1 aliphatic heterocycles. The largest absolute Gasteiger partial charge is 0.481 e. The van der Waals surface area contributed by atoms with E-state index < -0.39 is 5.97 Å². The zero-order valence-corrected chi connectivity index (χ0v) is 11.0. The van der Waals surface area contributed by atoms with Gasteiger partial charge in [-0.25, -0.2) is 0 Å².